The summed E-state index contributed by atoms with van der Waals surface area (Å²) in [5.41, 5.74) is -0.776. The molecule has 192 valence electrons. The maximum atomic E-state index is 14.3. The predicted octanol–water partition coefficient (Wildman–Crippen LogP) is 2.55. The zero-order chi connectivity index (χ0) is 25.9. The van der Waals surface area contributed by atoms with Crippen LogP contribution in [0.25, 0.3) is 0 Å². The molecule has 13 heteroatoms. The Morgan fingerprint density at radius 2 is 2.08 bits per heavy atom. The summed E-state index contributed by atoms with van der Waals surface area (Å²) in [6.07, 6.45) is -0.0809. The monoisotopic (exact) mass is 522 g/mol. The largest absolute Gasteiger partial charge is 0.509 e. The zero-order valence-corrected chi connectivity index (χ0v) is 20.6. The van der Waals surface area contributed by atoms with E-state index in [4.69, 9.17) is 19.2 Å². The second kappa shape index (κ2) is 10.7. The van der Waals surface area contributed by atoms with Crippen LogP contribution in [0.4, 0.5) is 13.6 Å². The lowest BCUT2D eigenvalue weighted by atomic mass is 9.82. The average molecular weight is 523 g/mol. The van der Waals surface area contributed by atoms with Gasteiger partial charge in [-0.05, 0) is 24.6 Å². The SMILES string of the molecule is COC(=O)OC1COCCN1CC1=C(C(=O)OC)[C@](C)(c2ccc(F)c(F)c2)N=C(c2nccs2)N1. The minimum Gasteiger partial charge on any atom is -0.466 e. The van der Waals surface area contributed by atoms with Gasteiger partial charge in [-0.3, -0.25) is 4.90 Å². The molecule has 0 saturated carbocycles. The summed E-state index contributed by atoms with van der Waals surface area (Å²) in [6, 6.07) is 3.35. The lowest BCUT2D eigenvalue weighted by Crippen LogP contribution is -2.51. The Bertz CT molecular complexity index is 1210. The second-order valence-corrected chi connectivity index (χ2v) is 8.94. The fraction of sp³-hybridized carbons (Fsp3) is 0.391. The molecule has 1 N–H and O–H groups in total. The van der Waals surface area contributed by atoms with E-state index in [0.29, 0.717) is 29.7 Å². The number of ether oxygens (including phenoxy) is 4. The van der Waals surface area contributed by atoms with Gasteiger partial charge in [0.2, 0.25) is 0 Å². The first-order valence-electron chi connectivity index (χ1n) is 10.9. The number of amidine groups is 1. The van der Waals surface area contributed by atoms with Crippen molar-refractivity contribution in [1.82, 2.24) is 15.2 Å². The highest BCUT2D eigenvalue weighted by atomic mass is 32.1. The molecule has 0 spiro atoms. The molecular formula is C23H24F2N4O6S. The van der Waals surface area contributed by atoms with Gasteiger partial charge in [0.1, 0.15) is 5.54 Å². The van der Waals surface area contributed by atoms with Crippen LogP contribution in [-0.2, 0) is 29.3 Å². The Hall–Kier alpha value is -3.42. The molecule has 0 aliphatic carbocycles. The van der Waals surface area contributed by atoms with Gasteiger partial charge in [0.25, 0.3) is 0 Å². The van der Waals surface area contributed by atoms with Gasteiger partial charge in [-0.15, -0.1) is 11.3 Å². The Labute approximate surface area is 209 Å². The van der Waals surface area contributed by atoms with Crippen LogP contribution in [0.5, 0.6) is 0 Å². The molecule has 10 nitrogen and oxygen atoms in total. The number of nitrogens with zero attached hydrogens (tertiary/aromatic N) is 3. The third kappa shape index (κ3) is 5.08. The Balaban J connectivity index is 1.83. The molecule has 3 heterocycles. The Kier molecular flexibility index (Phi) is 7.62. The number of rotatable bonds is 6. The van der Waals surface area contributed by atoms with Crippen molar-refractivity contribution in [1.29, 1.82) is 0 Å². The van der Waals surface area contributed by atoms with Gasteiger partial charge in [0.05, 0.1) is 33.0 Å². The van der Waals surface area contributed by atoms with Gasteiger partial charge < -0.3 is 24.3 Å². The summed E-state index contributed by atoms with van der Waals surface area (Å²) in [5, 5.41) is 5.44. The van der Waals surface area contributed by atoms with Gasteiger partial charge in [-0.2, -0.15) is 0 Å². The van der Waals surface area contributed by atoms with Crippen LogP contribution in [0.3, 0.4) is 0 Å². The predicted molar refractivity (Wildman–Crippen MR) is 124 cm³/mol. The Morgan fingerprint density at radius 1 is 1.28 bits per heavy atom. The number of aromatic nitrogens is 1. The summed E-state index contributed by atoms with van der Waals surface area (Å²) in [4.78, 5) is 35.7. The van der Waals surface area contributed by atoms with Gasteiger partial charge in [-0.25, -0.2) is 28.3 Å². The Morgan fingerprint density at radius 3 is 2.75 bits per heavy atom. The van der Waals surface area contributed by atoms with Crippen LogP contribution < -0.4 is 5.32 Å². The van der Waals surface area contributed by atoms with Gasteiger partial charge in [0, 0.05) is 30.4 Å². The molecule has 4 rings (SSSR count). The van der Waals surface area contributed by atoms with Crippen molar-refractivity contribution in [2.75, 3.05) is 40.5 Å². The van der Waals surface area contributed by atoms with E-state index in [0.717, 1.165) is 12.1 Å². The molecule has 1 unspecified atom stereocenters. The lowest BCUT2D eigenvalue weighted by Gasteiger charge is -2.39. The molecule has 2 aliphatic rings. The van der Waals surface area contributed by atoms with E-state index in [1.54, 1.807) is 23.4 Å². The molecule has 36 heavy (non-hydrogen) atoms. The van der Waals surface area contributed by atoms with E-state index < -0.39 is 35.5 Å². The molecule has 0 radical (unpaired) electrons. The van der Waals surface area contributed by atoms with Gasteiger partial charge in [0.15, 0.2) is 28.7 Å². The van der Waals surface area contributed by atoms with Crippen molar-refractivity contribution in [3.8, 4) is 0 Å². The van der Waals surface area contributed by atoms with Crippen molar-refractivity contribution in [3.05, 3.63) is 63.3 Å². The first kappa shape index (κ1) is 25.7. The summed E-state index contributed by atoms with van der Waals surface area (Å²) in [6.45, 7) is 2.51. The van der Waals surface area contributed by atoms with E-state index in [1.165, 1.54) is 31.6 Å². The van der Waals surface area contributed by atoms with Crippen LogP contribution in [0.1, 0.15) is 17.5 Å². The maximum Gasteiger partial charge on any atom is 0.509 e. The number of carbonyl (C=O) groups is 2. The van der Waals surface area contributed by atoms with E-state index in [2.05, 4.69) is 15.0 Å². The van der Waals surface area contributed by atoms with Crippen LogP contribution in [-0.4, -0.2) is 74.6 Å². The van der Waals surface area contributed by atoms with Crippen molar-refractivity contribution in [2.24, 2.45) is 4.99 Å². The molecule has 0 amide bonds. The maximum absolute atomic E-state index is 14.3. The molecule has 0 bridgehead atoms. The van der Waals surface area contributed by atoms with Crippen LogP contribution in [0.15, 0.2) is 46.0 Å². The highest BCUT2D eigenvalue weighted by Gasteiger charge is 2.43. The quantitative estimate of drug-likeness (QED) is 0.572. The minimum atomic E-state index is -1.46. The number of carbonyl (C=O) groups excluding carboxylic acids is 2. The number of nitrogens with one attached hydrogen (secondary N) is 1. The topological polar surface area (TPSA) is 112 Å². The number of halogens is 2. The molecule has 2 aromatic rings. The molecular weight excluding hydrogens is 498 g/mol. The number of methoxy groups -OCH3 is 2. The third-order valence-electron chi connectivity index (χ3n) is 5.85. The first-order valence-corrected chi connectivity index (χ1v) is 11.8. The molecule has 1 aromatic heterocycles. The van der Waals surface area contributed by atoms with Crippen molar-refractivity contribution in [3.63, 3.8) is 0 Å². The van der Waals surface area contributed by atoms with Crippen LogP contribution in [0.2, 0.25) is 0 Å². The molecule has 2 atom stereocenters. The van der Waals surface area contributed by atoms with Gasteiger partial charge >= 0.3 is 12.1 Å². The molecule has 2 aliphatic heterocycles. The number of benzene rings is 1. The van der Waals surface area contributed by atoms with E-state index in [9.17, 15) is 18.4 Å². The summed E-state index contributed by atoms with van der Waals surface area (Å²) in [7, 11) is 2.41. The number of hydrogen-bond acceptors (Lipinski definition) is 11. The smallest absolute Gasteiger partial charge is 0.466 e. The van der Waals surface area contributed by atoms with Crippen molar-refractivity contribution in [2.45, 2.75) is 18.7 Å². The second-order valence-electron chi connectivity index (χ2n) is 8.04. The average Bonchev–Trinajstić information content (AvgIpc) is 3.41. The molecule has 1 aromatic carbocycles. The summed E-state index contributed by atoms with van der Waals surface area (Å²) in [5.74, 6) is -2.49. The van der Waals surface area contributed by atoms with Gasteiger partial charge in [-0.1, -0.05) is 6.07 Å². The highest BCUT2D eigenvalue weighted by molar-refractivity contribution is 7.11. The lowest BCUT2D eigenvalue weighted by molar-refractivity contribution is -0.137. The van der Waals surface area contributed by atoms with Crippen LogP contribution in [0, 0.1) is 11.6 Å². The molecule has 1 saturated heterocycles. The minimum absolute atomic E-state index is 0.0825. The highest BCUT2D eigenvalue weighted by Crippen LogP contribution is 2.39. The number of thiazole rings is 1. The number of esters is 1. The number of morpholine rings is 1. The van der Waals surface area contributed by atoms with Crippen molar-refractivity contribution < 1.29 is 37.3 Å². The normalized spacial score (nSPS) is 22.5. The summed E-state index contributed by atoms with van der Waals surface area (Å²) >= 11 is 1.31. The third-order valence-corrected chi connectivity index (χ3v) is 6.63. The van der Waals surface area contributed by atoms with E-state index in [-0.39, 0.29) is 24.3 Å². The van der Waals surface area contributed by atoms with Crippen LogP contribution >= 0.6 is 11.3 Å². The fourth-order valence-electron chi connectivity index (χ4n) is 4.07. The standard InChI is InChI=1S/C23H24F2N4O6S/c1-23(13-4-5-14(24)15(25)10-13)18(21(30)32-2)16(27-19(28-23)20-26-6-9-36-20)11-29-7-8-34-12-17(29)35-22(31)33-3/h4-6,9-10,17H,7-8,11-12H2,1-3H3,(H,27,28)/t17?,23-/m0/s1. The molecule has 1 fully saturated rings. The summed E-state index contributed by atoms with van der Waals surface area (Å²) < 4.78 is 48.5. The first-order chi connectivity index (χ1) is 17.3. The van der Waals surface area contributed by atoms with E-state index >= 15 is 0 Å². The number of hydrogen-bond donors (Lipinski definition) is 1. The zero-order valence-electron chi connectivity index (χ0n) is 19.7. The number of aliphatic imine (C=N–C) groups is 1. The fourth-order valence-corrected chi connectivity index (χ4v) is 4.65. The van der Waals surface area contributed by atoms with E-state index in [1.807, 2.05) is 0 Å². The van der Waals surface area contributed by atoms with Crippen molar-refractivity contribution >= 4 is 29.3 Å².